The lowest BCUT2D eigenvalue weighted by atomic mass is 10.3. The van der Waals surface area contributed by atoms with Crippen molar-refractivity contribution in [1.82, 2.24) is 4.31 Å². The zero-order valence-electron chi connectivity index (χ0n) is 16.0. The quantitative estimate of drug-likeness (QED) is 0.692. The van der Waals surface area contributed by atoms with Crippen LogP contribution in [-0.4, -0.2) is 61.7 Å². The SMILES string of the molecule is COc1ccccc1S(=O)(=O)Nc1ccc(OC)c(S(=O)(=O)N2CCOCC2)c1. The molecule has 0 aromatic heterocycles. The summed E-state index contributed by atoms with van der Waals surface area (Å²) in [6, 6.07) is 10.2. The summed E-state index contributed by atoms with van der Waals surface area (Å²) in [6.07, 6.45) is 0. The average Bonchev–Trinajstić information content (AvgIpc) is 2.74. The number of nitrogens with zero attached hydrogens (tertiary/aromatic N) is 1. The van der Waals surface area contributed by atoms with Crippen LogP contribution < -0.4 is 14.2 Å². The Balaban J connectivity index is 1.99. The van der Waals surface area contributed by atoms with Crippen LogP contribution in [0, 0.1) is 0 Å². The van der Waals surface area contributed by atoms with Crippen molar-refractivity contribution in [2.24, 2.45) is 0 Å². The Bertz CT molecular complexity index is 1080. The van der Waals surface area contributed by atoms with E-state index in [-0.39, 0.29) is 40.1 Å². The molecule has 3 rings (SSSR count). The highest BCUT2D eigenvalue weighted by molar-refractivity contribution is 7.92. The molecule has 0 spiro atoms. The number of ether oxygens (including phenoxy) is 3. The van der Waals surface area contributed by atoms with E-state index >= 15 is 0 Å². The Kier molecular flexibility index (Phi) is 6.32. The van der Waals surface area contributed by atoms with Crippen LogP contribution in [0.5, 0.6) is 11.5 Å². The third kappa shape index (κ3) is 4.47. The maximum Gasteiger partial charge on any atom is 0.265 e. The molecule has 11 heteroatoms. The van der Waals surface area contributed by atoms with Crippen LogP contribution >= 0.6 is 0 Å². The predicted octanol–water partition coefficient (Wildman–Crippen LogP) is 1.53. The molecule has 1 heterocycles. The van der Waals surface area contributed by atoms with Crippen molar-refractivity contribution in [2.75, 3.05) is 45.2 Å². The van der Waals surface area contributed by atoms with Crippen LogP contribution in [0.4, 0.5) is 5.69 Å². The number of hydrogen-bond donors (Lipinski definition) is 1. The highest BCUT2D eigenvalue weighted by atomic mass is 32.2. The molecule has 1 aliphatic rings. The minimum absolute atomic E-state index is 0.0593. The molecule has 1 saturated heterocycles. The Morgan fingerprint density at radius 3 is 2.17 bits per heavy atom. The fourth-order valence-electron chi connectivity index (χ4n) is 2.92. The minimum atomic E-state index is -4.01. The summed E-state index contributed by atoms with van der Waals surface area (Å²) in [5.74, 6) is 0.298. The maximum atomic E-state index is 13.0. The number of hydrogen-bond acceptors (Lipinski definition) is 7. The van der Waals surface area contributed by atoms with Crippen molar-refractivity contribution in [2.45, 2.75) is 9.79 Å². The summed E-state index contributed by atoms with van der Waals surface area (Å²) in [5, 5.41) is 0. The van der Waals surface area contributed by atoms with Gasteiger partial charge in [-0.2, -0.15) is 4.31 Å². The molecule has 1 N–H and O–H groups in total. The van der Waals surface area contributed by atoms with Gasteiger partial charge in [-0.1, -0.05) is 12.1 Å². The second-order valence-corrected chi connectivity index (χ2v) is 9.70. The van der Waals surface area contributed by atoms with Crippen LogP contribution in [-0.2, 0) is 24.8 Å². The molecule has 1 fully saturated rings. The van der Waals surface area contributed by atoms with E-state index in [1.165, 1.54) is 48.9 Å². The minimum Gasteiger partial charge on any atom is -0.495 e. The molecule has 9 nitrogen and oxygen atoms in total. The van der Waals surface area contributed by atoms with Crippen molar-refractivity contribution in [3.63, 3.8) is 0 Å². The third-order valence-corrected chi connectivity index (χ3v) is 7.70. The molecule has 0 unspecified atom stereocenters. The summed E-state index contributed by atoms with van der Waals surface area (Å²) in [5.41, 5.74) is 0.0866. The fourth-order valence-corrected chi connectivity index (χ4v) is 5.73. The first-order chi connectivity index (χ1) is 13.8. The van der Waals surface area contributed by atoms with Gasteiger partial charge < -0.3 is 14.2 Å². The van der Waals surface area contributed by atoms with Crippen LogP contribution in [0.25, 0.3) is 0 Å². The molecule has 2 aromatic carbocycles. The predicted molar refractivity (Wildman–Crippen MR) is 106 cm³/mol. The Labute approximate surface area is 170 Å². The highest BCUT2D eigenvalue weighted by Gasteiger charge is 2.30. The van der Waals surface area contributed by atoms with Crippen molar-refractivity contribution in [3.05, 3.63) is 42.5 Å². The number of sulfonamides is 2. The van der Waals surface area contributed by atoms with E-state index in [9.17, 15) is 16.8 Å². The standard InChI is InChI=1S/C18H22N2O7S2/c1-25-15-5-3-4-6-17(15)28(21,22)19-14-7-8-16(26-2)18(13-14)29(23,24)20-9-11-27-12-10-20/h3-8,13,19H,9-12H2,1-2H3. The summed E-state index contributed by atoms with van der Waals surface area (Å²) in [6.45, 7) is 1.01. The lowest BCUT2D eigenvalue weighted by molar-refractivity contribution is 0.0729. The van der Waals surface area contributed by atoms with Gasteiger partial charge in [0.25, 0.3) is 10.0 Å². The number of nitrogens with one attached hydrogen (secondary N) is 1. The second kappa shape index (κ2) is 8.57. The third-order valence-electron chi connectivity index (χ3n) is 4.36. The molecule has 0 amide bonds. The van der Waals surface area contributed by atoms with Gasteiger partial charge in [-0.3, -0.25) is 4.72 Å². The summed E-state index contributed by atoms with van der Waals surface area (Å²) < 4.78 is 70.9. The molecule has 0 radical (unpaired) electrons. The molecular weight excluding hydrogens is 420 g/mol. The fraction of sp³-hybridized carbons (Fsp3) is 0.333. The van der Waals surface area contributed by atoms with E-state index in [0.717, 1.165) is 0 Å². The first kappa shape index (κ1) is 21.4. The van der Waals surface area contributed by atoms with Gasteiger partial charge in [-0.05, 0) is 30.3 Å². The van der Waals surface area contributed by atoms with Crippen LogP contribution in [0.15, 0.2) is 52.3 Å². The van der Waals surface area contributed by atoms with E-state index in [4.69, 9.17) is 14.2 Å². The van der Waals surface area contributed by atoms with Gasteiger partial charge in [0.2, 0.25) is 10.0 Å². The highest BCUT2D eigenvalue weighted by Crippen LogP contribution is 2.32. The molecule has 29 heavy (non-hydrogen) atoms. The molecule has 1 aliphatic heterocycles. The Hall–Kier alpha value is -2.34. The van der Waals surface area contributed by atoms with E-state index in [2.05, 4.69) is 4.72 Å². The van der Waals surface area contributed by atoms with Crippen molar-refractivity contribution in [1.29, 1.82) is 0 Å². The summed E-state index contributed by atoms with van der Waals surface area (Å²) >= 11 is 0. The molecular formula is C18H22N2O7S2. The van der Waals surface area contributed by atoms with Gasteiger partial charge in [-0.15, -0.1) is 0 Å². The Morgan fingerprint density at radius 1 is 0.897 bits per heavy atom. The van der Waals surface area contributed by atoms with Gasteiger partial charge in [0, 0.05) is 13.1 Å². The lowest BCUT2D eigenvalue weighted by Crippen LogP contribution is -2.40. The second-order valence-electron chi connectivity index (χ2n) is 6.14. The zero-order chi connectivity index (χ0) is 21.1. The lowest BCUT2D eigenvalue weighted by Gasteiger charge is -2.26. The number of benzene rings is 2. The van der Waals surface area contributed by atoms with Crippen LogP contribution in [0.1, 0.15) is 0 Å². The van der Waals surface area contributed by atoms with E-state index < -0.39 is 20.0 Å². The van der Waals surface area contributed by atoms with Crippen LogP contribution in [0.2, 0.25) is 0 Å². The van der Waals surface area contributed by atoms with Crippen molar-refractivity contribution >= 4 is 25.7 Å². The van der Waals surface area contributed by atoms with E-state index in [1.807, 2.05) is 0 Å². The first-order valence-corrected chi connectivity index (χ1v) is 11.6. The average molecular weight is 443 g/mol. The molecule has 2 aromatic rings. The number of rotatable bonds is 7. The topological polar surface area (TPSA) is 111 Å². The largest absolute Gasteiger partial charge is 0.495 e. The van der Waals surface area contributed by atoms with E-state index in [1.54, 1.807) is 12.1 Å². The zero-order valence-corrected chi connectivity index (χ0v) is 17.6. The monoisotopic (exact) mass is 442 g/mol. The number of anilines is 1. The van der Waals surface area contributed by atoms with Crippen LogP contribution in [0.3, 0.4) is 0 Å². The van der Waals surface area contributed by atoms with E-state index in [0.29, 0.717) is 13.2 Å². The number of morpholine rings is 1. The van der Waals surface area contributed by atoms with Gasteiger partial charge in [-0.25, -0.2) is 16.8 Å². The maximum absolute atomic E-state index is 13.0. The molecule has 158 valence electrons. The molecule has 0 aliphatic carbocycles. The molecule has 0 atom stereocenters. The van der Waals surface area contributed by atoms with Crippen molar-refractivity contribution < 1.29 is 31.0 Å². The summed E-state index contributed by atoms with van der Waals surface area (Å²) in [4.78, 5) is -0.182. The van der Waals surface area contributed by atoms with Crippen molar-refractivity contribution in [3.8, 4) is 11.5 Å². The van der Waals surface area contributed by atoms with Gasteiger partial charge >= 0.3 is 0 Å². The molecule has 0 bridgehead atoms. The Morgan fingerprint density at radius 2 is 1.52 bits per heavy atom. The molecule has 0 saturated carbocycles. The summed E-state index contributed by atoms with van der Waals surface area (Å²) in [7, 11) is -5.18. The number of methoxy groups -OCH3 is 2. The van der Waals surface area contributed by atoms with Gasteiger partial charge in [0.15, 0.2) is 0 Å². The normalized spacial score (nSPS) is 15.7. The van der Waals surface area contributed by atoms with Gasteiger partial charge in [0.05, 0.1) is 33.1 Å². The first-order valence-electron chi connectivity index (χ1n) is 8.71. The van der Waals surface area contributed by atoms with Gasteiger partial charge in [0.1, 0.15) is 21.3 Å². The number of para-hydroxylation sites is 1. The smallest absolute Gasteiger partial charge is 0.265 e.